The Kier molecular flexibility index (Phi) is 4.74. The Labute approximate surface area is 140 Å². The van der Waals surface area contributed by atoms with E-state index in [0.717, 1.165) is 18.7 Å². The molecule has 24 heavy (non-hydrogen) atoms. The quantitative estimate of drug-likeness (QED) is 0.640. The van der Waals surface area contributed by atoms with Crippen LogP contribution in [0.2, 0.25) is 0 Å². The van der Waals surface area contributed by atoms with Gasteiger partial charge in [0.2, 0.25) is 5.91 Å². The lowest BCUT2D eigenvalue weighted by atomic mass is 10.1. The summed E-state index contributed by atoms with van der Waals surface area (Å²) < 4.78 is 0. The van der Waals surface area contributed by atoms with Crippen molar-refractivity contribution in [3.63, 3.8) is 0 Å². The summed E-state index contributed by atoms with van der Waals surface area (Å²) in [5.74, 6) is 0.0663. The van der Waals surface area contributed by atoms with Crippen LogP contribution in [-0.4, -0.2) is 41.9 Å². The number of anilines is 1. The van der Waals surface area contributed by atoms with Crippen LogP contribution in [0.4, 0.5) is 11.4 Å². The molecule has 6 nitrogen and oxygen atoms in total. The molecule has 0 aliphatic carbocycles. The van der Waals surface area contributed by atoms with E-state index in [-0.39, 0.29) is 18.0 Å². The molecule has 1 aliphatic heterocycles. The molecular weight excluding hydrogens is 306 g/mol. The Morgan fingerprint density at radius 2 is 1.58 bits per heavy atom. The van der Waals surface area contributed by atoms with Crippen molar-refractivity contribution in [2.24, 2.45) is 0 Å². The fourth-order valence-electron chi connectivity index (χ4n) is 2.87. The number of carbonyl (C=O) groups is 1. The monoisotopic (exact) mass is 325 g/mol. The zero-order valence-corrected chi connectivity index (χ0v) is 13.3. The van der Waals surface area contributed by atoms with Crippen LogP contribution in [0.5, 0.6) is 0 Å². The van der Waals surface area contributed by atoms with E-state index < -0.39 is 4.92 Å². The highest BCUT2D eigenvalue weighted by Gasteiger charge is 2.21. The van der Waals surface area contributed by atoms with Crippen LogP contribution in [0.1, 0.15) is 5.56 Å². The van der Waals surface area contributed by atoms with Gasteiger partial charge in [-0.2, -0.15) is 0 Å². The predicted octanol–water partition coefficient (Wildman–Crippen LogP) is 2.49. The van der Waals surface area contributed by atoms with Crippen molar-refractivity contribution in [2.45, 2.75) is 6.42 Å². The predicted molar refractivity (Wildman–Crippen MR) is 92.0 cm³/mol. The number of piperazine rings is 1. The Morgan fingerprint density at radius 1 is 0.958 bits per heavy atom. The molecule has 6 heteroatoms. The number of nitro groups is 1. The summed E-state index contributed by atoms with van der Waals surface area (Å²) in [6, 6.07) is 16.4. The molecule has 0 aromatic heterocycles. The highest BCUT2D eigenvalue weighted by molar-refractivity contribution is 5.79. The maximum atomic E-state index is 12.4. The van der Waals surface area contributed by atoms with Crippen molar-refractivity contribution in [1.82, 2.24) is 4.90 Å². The van der Waals surface area contributed by atoms with Gasteiger partial charge in [0.15, 0.2) is 0 Å². The average molecular weight is 325 g/mol. The minimum absolute atomic E-state index is 0.0441. The van der Waals surface area contributed by atoms with E-state index in [0.29, 0.717) is 13.1 Å². The zero-order valence-electron chi connectivity index (χ0n) is 13.3. The molecule has 0 unspecified atom stereocenters. The fraction of sp³-hybridized carbons (Fsp3) is 0.278. The second kappa shape index (κ2) is 7.12. The number of nitro benzene ring substituents is 1. The molecule has 1 amide bonds. The molecule has 1 aliphatic rings. The van der Waals surface area contributed by atoms with E-state index in [2.05, 4.69) is 17.0 Å². The van der Waals surface area contributed by atoms with Gasteiger partial charge in [-0.1, -0.05) is 30.3 Å². The van der Waals surface area contributed by atoms with Crippen LogP contribution in [0, 0.1) is 10.1 Å². The van der Waals surface area contributed by atoms with E-state index in [1.807, 2.05) is 23.1 Å². The van der Waals surface area contributed by atoms with E-state index in [1.165, 1.54) is 17.8 Å². The first-order chi connectivity index (χ1) is 11.6. The maximum absolute atomic E-state index is 12.4. The van der Waals surface area contributed by atoms with E-state index in [1.54, 1.807) is 12.1 Å². The zero-order chi connectivity index (χ0) is 16.9. The first kappa shape index (κ1) is 16.0. The summed E-state index contributed by atoms with van der Waals surface area (Å²) in [4.78, 5) is 26.8. The first-order valence-electron chi connectivity index (χ1n) is 7.94. The first-order valence-corrected chi connectivity index (χ1v) is 7.94. The van der Waals surface area contributed by atoms with Crippen LogP contribution >= 0.6 is 0 Å². The summed E-state index contributed by atoms with van der Waals surface area (Å²) in [6.45, 7) is 3.02. The van der Waals surface area contributed by atoms with Gasteiger partial charge in [-0.05, 0) is 17.7 Å². The summed E-state index contributed by atoms with van der Waals surface area (Å²) >= 11 is 0. The molecule has 2 aromatic rings. The lowest BCUT2D eigenvalue weighted by molar-refractivity contribution is -0.384. The third-order valence-electron chi connectivity index (χ3n) is 4.26. The molecule has 2 aromatic carbocycles. The minimum Gasteiger partial charge on any atom is -0.368 e. The standard InChI is InChI=1S/C18H19N3O3/c22-18(14-15-6-8-17(9-7-15)21(23)24)20-12-10-19(11-13-20)16-4-2-1-3-5-16/h1-9H,10-14H2. The number of amides is 1. The molecule has 0 spiro atoms. The van der Waals surface area contributed by atoms with Crippen molar-refractivity contribution in [3.8, 4) is 0 Å². The Bertz CT molecular complexity index is 708. The van der Waals surface area contributed by atoms with Crippen LogP contribution < -0.4 is 4.90 Å². The molecular formula is C18H19N3O3. The van der Waals surface area contributed by atoms with Crippen molar-refractivity contribution in [2.75, 3.05) is 31.1 Å². The molecule has 0 saturated carbocycles. The second-order valence-corrected chi connectivity index (χ2v) is 5.80. The number of hydrogen-bond acceptors (Lipinski definition) is 4. The molecule has 0 atom stereocenters. The van der Waals surface area contributed by atoms with Crippen molar-refractivity contribution < 1.29 is 9.72 Å². The van der Waals surface area contributed by atoms with Crippen LogP contribution in [-0.2, 0) is 11.2 Å². The normalized spacial score (nSPS) is 14.5. The number of rotatable bonds is 4. The van der Waals surface area contributed by atoms with Crippen molar-refractivity contribution in [1.29, 1.82) is 0 Å². The largest absolute Gasteiger partial charge is 0.368 e. The minimum atomic E-state index is -0.436. The molecule has 0 radical (unpaired) electrons. The van der Waals surface area contributed by atoms with Gasteiger partial charge in [0.25, 0.3) is 5.69 Å². The van der Waals surface area contributed by atoms with Gasteiger partial charge in [0.1, 0.15) is 0 Å². The number of hydrogen-bond donors (Lipinski definition) is 0. The van der Waals surface area contributed by atoms with Gasteiger partial charge < -0.3 is 9.80 Å². The van der Waals surface area contributed by atoms with Crippen LogP contribution in [0.15, 0.2) is 54.6 Å². The smallest absolute Gasteiger partial charge is 0.269 e. The number of benzene rings is 2. The average Bonchev–Trinajstić information content (AvgIpc) is 2.63. The summed E-state index contributed by atoms with van der Waals surface area (Å²) in [6.07, 6.45) is 0.281. The molecule has 3 rings (SSSR count). The van der Waals surface area contributed by atoms with E-state index in [9.17, 15) is 14.9 Å². The summed E-state index contributed by atoms with van der Waals surface area (Å²) in [7, 11) is 0. The van der Waals surface area contributed by atoms with Gasteiger partial charge in [0, 0.05) is 44.0 Å². The van der Waals surface area contributed by atoms with E-state index >= 15 is 0 Å². The highest BCUT2D eigenvalue weighted by Crippen LogP contribution is 2.17. The Morgan fingerprint density at radius 3 is 2.17 bits per heavy atom. The molecule has 1 saturated heterocycles. The number of para-hydroxylation sites is 1. The van der Waals surface area contributed by atoms with Crippen LogP contribution in [0.25, 0.3) is 0 Å². The molecule has 124 valence electrons. The van der Waals surface area contributed by atoms with Gasteiger partial charge in [-0.15, -0.1) is 0 Å². The fourth-order valence-corrected chi connectivity index (χ4v) is 2.87. The topological polar surface area (TPSA) is 66.7 Å². The molecule has 0 bridgehead atoms. The van der Waals surface area contributed by atoms with Gasteiger partial charge in [-0.3, -0.25) is 14.9 Å². The molecule has 1 heterocycles. The third kappa shape index (κ3) is 3.71. The summed E-state index contributed by atoms with van der Waals surface area (Å²) in [5, 5.41) is 10.7. The Hall–Kier alpha value is -2.89. The lowest BCUT2D eigenvalue weighted by Crippen LogP contribution is -2.49. The molecule has 1 fully saturated rings. The van der Waals surface area contributed by atoms with Gasteiger partial charge >= 0.3 is 0 Å². The van der Waals surface area contributed by atoms with E-state index in [4.69, 9.17) is 0 Å². The summed E-state index contributed by atoms with van der Waals surface area (Å²) in [5.41, 5.74) is 2.03. The maximum Gasteiger partial charge on any atom is 0.269 e. The second-order valence-electron chi connectivity index (χ2n) is 5.80. The highest BCUT2D eigenvalue weighted by atomic mass is 16.6. The number of nitrogens with zero attached hydrogens (tertiary/aromatic N) is 3. The van der Waals surface area contributed by atoms with Crippen molar-refractivity contribution in [3.05, 3.63) is 70.3 Å². The lowest BCUT2D eigenvalue weighted by Gasteiger charge is -2.36. The van der Waals surface area contributed by atoms with Gasteiger partial charge in [0.05, 0.1) is 11.3 Å². The molecule has 0 N–H and O–H groups in total. The van der Waals surface area contributed by atoms with Crippen LogP contribution in [0.3, 0.4) is 0 Å². The Balaban J connectivity index is 1.54. The number of non-ortho nitro benzene ring substituents is 1. The number of carbonyl (C=O) groups excluding carboxylic acids is 1. The third-order valence-corrected chi connectivity index (χ3v) is 4.26. The SMILES string of the molecule is O=C(Cc1ccc([N+](=O)[O-])cc1)N1CCN(c2ccccc2)CC1. The van der Waals surface area contributed by atoms with Gasteiger partial charge in [-0.25, -0.2) is 0 Å². The van der Waals surface area contributed by atoms with Crippen molar-refractivity contribution >= 4 is 17.3 Å².